The van der Waals surface area contributed by atoms with Crippen LogP contribution in [0.1, 0.15) is 5.56 Å². The van der Waals surface area contributed by atoms with Crippen LogP contribution in [0.5, 0.6) is 5.75 Å². The molecule has 176 valence electrons. The van der Waals surface area contributed by atoms with E-state index in [4.69, 9.17) is 29.5 Å². The minimum atomic E-state index is 0.638. The topological polar surface area (TPSA) is 83.1 Å². The Kier molecular flexibility index (Phi) is 5.38. The lowest BCUT2D eigenvalue weighted by molar-refractivity contribution is 0.122. The molecule has 9 heteroatoms. The number of anilines is 1. The molecule has 0 aliphatic carbocycles. The van der Waals surface area contributed by atoms with E-state index in [0.29, 0.717) is 36.1 Å². The zero-order chi connectivity index (χ0) is 23.8. The number of fused-ring (bicyclic) bond motifs is 1. The van der Waals surface area contributed by atoms with Crippen LogP contribution in [0, 0.1) is 6.92 Å². The molecule has 0 atom stereocenters. The van der Waals surface area contributed by atoms with Gasteiger partial charge in [0.05, 0.1) is 26.0 Å². The Labute approximate surface area is 202 Å². The molecule has 0 unspecified atom stereocenters. The Morgan fingerprint density at radius 2 is 1.80 bits per heavy atom. The Morgan fingerprint density at radius 3 is 2.57 bits per heavy atom. The molecule has 0 radical (unpaired) electrons. The van der Waals surface area contributed by atoms with Gasteiger partial charge < -0.3 is 14.4 Å². The number of nitrogens with zero attached hydrogens (tertiary/aromatic N) is 7. The molecule has 1 saturated heterocycles. The highest BCUT2D eigenvalue weighted by atomic mass is 16.5. The van der Waals surface area contributed by atoms with Crippen molar-refractivity contribution >= 4 is 17.1 Å². The first-order chi connectivity index (χ1) is 17.2. The SMILES string of the molecule is COc1ccc(-n2cnc3c(-n4ccc(-c5cccc(C)c5)n4)nc(N4CCOCC4)nc32)cc1. The highest BCUT2D eigenvalue weighted by molar-refractivity contribution is 5.81. The molecule has 3 aromatic heterocycles. The van der Waals surface area contributed by atoms with Crippen molar-refractivity contribution in [2.45, 2.75) is 6.92 Å². The van der Waals surface area contributed by atoms with Crippen molar-refractivity contribution in [2.24, 2.45) is 0 Å². The quantitative estimate of drug-likeness (QED) is 0.389. The molecular weight excluding hydrogens is 442 g/mol. The van der Waals surface area contributed by atoms with Gasteiger partial charge in [0.25, 0.3) is 0 Å². The largest absolute Gasteiger partial charge is 0.497 e. The highest BCUT2D eigenvalue weighted by Crippen LogP contribution is 2.27. The van der Waals surface area contributed by atoms with Gasteiger partial charge in [0.15, 0.2) is 17.0 Å². The summed E-state index contributed by atoms with van der Waals surface area (Å²) in [5.41, 5.74) is 5.46. The van der Waals surface area contributed by atoms with Gasteiger partial charge in [-0.3, -0.25) is 4.57 Å². The van der Waals surface area contributed by atoms with Crippen molar-refractivity contribution in [3.8, 4) is 28.5 Å². The smallest absolute Gasteiger partial charge is 0.229 e. The van der Waals surface area contributed by atoms with Crippen LogP contribution in [-0.4, -0.2) is 62.7 Å². The molecule has 35 heavy (non-hydrogen) atoms. The average molecular weight is 468 g/mol. The van der Waals surface area contributed by atoms with Crippen LogP contribution >= 0.6 is 0 Å². The highest BCUT2D eigenvalue weighted by Gasteiger charge is 2.21. The van der Waals surface area contributed by atoms with Crippen molar-refractivity contribution < 1.29 is 9.47 Å². The standard InChI is InChI=1S/C26H25N7O2/c1-18-4-3-5-19(16-18)22-10-11-33(30-22)25-23-24(28-26(29-25)31-12-14-35-15-13-31)32(17-27-23)20-6-8-21(34-2)9-7-20/h3-11,16-17H,12-15H2,1-2H3. The zero-order valence-corrected chi connectivity index (χ0v) is 19.6. The molecule has 1 aliphatic rings. The Bertz CT molecular complexity index is 1480. The molecule has 0 bridgehead atoms. The van der Waals surface area contributed by atoms with Gasteiger partial charge in [0.1, 0.15) is 12.1 Å². The van der Waals surface area contributed by atoms with E-state index in [1.54, 1.807) is 18.1 Å². The summed E-state index contributed by atoms with van der Waals surface area (Å²) < 4.78 is 14.6. The monoisotopic (exact) mass is 467 g/mol. The number of methoxy groups -OCH3 is 1. The number of benzene rings is 2. The fraction of sp³-hybridized carbons (Fsp3) is 0.231. The van der Waals surface area contributed by atoms with Gasteiger partial charge >= 0.3 is 0 Å². The summed E-state index contributed by atoms with van der Waals surface area (Å²) in [7, 11) is 1.66. The lowest BCUT2D eigenvalue weighted by Crippen LogP contribution is -2.37. The Hall–Kier alpha value is -4.24. The average Bonchev–Trinajstić information content (AvgIpc) is 3.57. The third-order valence-corrected chi connectivity index (χ3v) is 6.13. The molecule has 0 N–H and O–H groups in total. The maximum Gasteiger partial charge on any atom is 0.229 e. The summed E-state index contributed by atoms with van der Waals surface area (Å²) in [6.45, 7) is 4.83. The van der Waals surface area contributed by atoms with Crippen LogP contribution in [0.3, 0.4) is 0 Å². The number of morpholine rings is 1. The molecule has 5 aromatic rings. The molecule has 9 nitrogen and oxygen atoms in total. The van der Waals surface area contributed by atoms with Crippen molar-refractivity contribution in [3.05, 3.63) is 72.7 Å². The van der Waals surface area contributed by atoms with E-state index in [-0.39, 0.29) is 0 Å². The minimum absolute atomic E-state index is 0.638. The summed E-state index contributed by atoms with van der Waals surface area (Å²) in [5, 5.41) is 4.85. The van der Waals surface area contributed by atoms with Crippen molar-refractivity contribution in [1.29, 1.82) is 0 Å². The van der Waals surface area contributed by atoms with Crippen molar-refractivity contribution in [2.75, 3.05) is 38.3 Å². The van der Waals surface area contributed by atoms with E-state index in [1.165, 1.54) is 5.56 Å². The number of hydrogen-bond donors (Lipinski definition) is 0. The zero-order valence-electron chi connectivity index (χ0n) is 19.6. The molecule has 0 amide bonds. The van der Waals surface area contributed by atoms with Gasteiger partial charge in [-0.15, -0.1) is 0 Å². The maximum atomic E-state index is 5.54. The van der Waals surface area contributed by atoms with E-state index in [1.807, 2.05) is 47.2 Å². The predicted octanol–water partition coefficient (Wildman–Crippen LogP) is 3.82. The number of ether oxygens (including phenoxy) is 2. The number of imidazole rings is 1. The molecule has 6 rings (SSSR count). The van der Waals surface area contributed by atoms with E-state index in [9.17, 15) is 0 Å². The van der Waals surface area contributed by atoms with Gasteiger partial charge in [0, 0.05) is 30.5 Å². The Morgan fingerprint density at radius 1 is 0.971 bits per heavy atom. The summed E-state index contributed by atoms with van der Waals surface area (Å²) in [4.78, 5) is 16.7. The normalized spacial score (nSPS) is 13.9. The lowest BCUT2D eigenvalue weighted by Gasteiger charge is -2.27. The minimum Gasteiger partial charge on any atom is -0.497 e. The first-order valence-corrected chi connectivity index (χ1v) is 11.5. The van der Waals surface area contributed by atoms with Gasteiger partial charge in [0.2, 0.25) is 5.95 Å². The molecule has 4 heterocycles. The van der Waals surface area contributed by atoms with Gasteiger partial charge in [-0.25, -0.2) is 9.67 Å². The van der Waals surface area contributed by atoms with Crippen LogP contribution in [-0.2, 0) is 4.74 Å². The second-order valence-corrected chi connectivity index (χ2v) is 8.45. The molecule has 0 saturated carbocycles. The Balaban J connectivity index is 1.49. The van der Waals surface area contributed by atoms with Crippen LogP contribution in [0.2, 0.25) is 0 Å². The molecule has 1 aliphatic heterocycles. The summed E-state index contributed by atoms with van der Waals surface area (Å²) in [6, 6.07) is 18.1. The van der Waals surface area contributed by atoms with Crippen molar-refractivity contribution in [3.63, 3.8) is 0 Å². The van der Waals surface area contributed by atoms with Gasteiger partial charge in [-0.05, 0) is 43.3 Å². The third kappa shape index (κ3) is 4.00. The lowest BCUT2D eigenvalue weighted by atomic mass is 10.1. The summed E-state index contributed by atoms with van der Waals surface area (Å²) in [5.74, 6) is 2.07. The van der Waals surface area contributed by atoms with E-state index in [2.05, 4.69) is 30.0 Å². The third-order valence-electron chi connectivity index (χ3n) is 6.13. The molecule has 0 spiro atoms. The van der Waals surface area contributed by atoms with Crippen LogP contribution in [0.4, 0.5) is 5.95 Å². The number of rotatable bonds is 5. The van der Waals surface area contributed by atoms with Gasteiger partial charge in [-0.2, -0.15) is 15.1 Å². The summed E-state index contributed by atoms with van der Waals surface area (Å²) in [6.07, 6.45) is 3.70. The first-order valence-electron chi connectivity index (χ1n) is 11.5. The second-order valence-electron chi connectivity index (χ2n) is 8.45. The van der Waals surface area contributed by atoms with Gasteiger partial charge in [-0.1, -0.05) is 23.8 Å². The number of aryl methyl sites for hydroxylation is 1. The van der Waals surface area contributed by atoms with Crippen molar-refractivity contribution in [1.82, 2.24) is 29.3 Å². The second kappa shape index (κ2) is 8.84. The number of aromatic nitrogens is 6. The van der Waals surface area contributed by atoms with Crippen LogP contribution in [0.15, 0.2) is 67.1 Å². The molecular formula is C26H25N7O2. The van der Waals surface area contributed by atoms with E-state index < -0.39 is 0 Å². The molecule has 1 fully saturated rings. The van der Waals surface area contributed by atoms with Crippen LogP contribution < -0.4 is 9.64 Å². The van der Waals surface area contributed by atoms with Crippen LogP contribution in [0.25, 0.3) is 33.9 Å². The maximum absolute atomic E-state index is 5.54. The fourth-order valence-electron chi connectivity index (χ4n) is 4.27. The van der Waals surface area contributed by atoms with E-state index in [0.717, 1.165) is 35.8 Å². The fourth-order valence-corrected chi connectivity index (χ4v) is 4.27. The molecule has 2 aromatic carbocycles. The number of hydrogen-bond acceptors (Lipinski definition) is 7. The van der Waals surface area contributed by atoms with E-state index >= 15 is 0 Å². The summed E-state index contributed by atoms with van der Waals surface area (Å²) >= 11 is 0. The first kappa shape index (κ1) is 21.3. The predicted molar refractivity (Wildman–Crippen MR) is 134 cm³/mol.